The summed E-state index contributed by atoms with van der Waals surface area (Å²) in [5.41, 5.74) is 0.669. The number of likely N-dealkylation sites (tertiary alicyclic amines) is 1. The molecule has 0 saturated carbocycles. The molecule has 4 nitrogen and oxygen atoms in total. The van der Waals surface area contributed by atoms with Gasteiger partial charge in [0.05, 0.1) is 5.56 Å². The molecule has 0 spiro atoms. The highest BCUT2D eigenvalue weighted by Crippen LogP contribution is 2.27. The maximum Gasteiger partial charge on any atom is 0.257 e. The van der Waals surface area contributed by atoms with Crippen molar-refractivity contribution in [3.63, 3.8) is 0 Å². The number of anilines is 1. The summed E-state index contributed by atoms with van der Waals surface area (Å²) in [5, 5.41) is 3.25. The number of hydrogen-bond acceptors (Lipinski definition) is 3. The molecule has 2 rings (SSSR count). The molecular formula is C16H24BrN3O. The summed E-state index contributed by atoms with van der Waals surface area (Å²) >= 11 is 3.42. The van der Waals surface area contributed by atoms with Crippen LogP contribution in [-0.2, 0) is 0 Å². The third-order valence-corrected chi connectivity index (χ3v) is 4.52. The molecule has 5 heteroatoms. The number of amides is 1. The second-order valence-corrected chi connectivity index (χ2v) is 6.94. The predicted molar refractivity (Wildman–Crippen MR) is 89.6 cm³/mol. The van der Waals surface area contributed by atoms with Crippen LogP contribution in [0.2, 0.25) is 0 Å². The molecule has 116 valence electrons. The first kappa shape index (κ1) is 16.3. The third kappa shape index (κ3) is 3.96. The number of rotatable bonds is 5. The van der Waals surface area contributed by atoms with E-state index in [0.29, 0.717) is 23.2 Å². The number of carbonyl (C=O) groups is 1. The van der Waals surface area contributed by atoms with Gasteiger partial charge in [-0.3, -0.25) is 4.79 Å². The van der Waals surface area contributed by atoms with Crippen molar-refractivity contribution in [2.75, 3.05) is 25.0 Å². The fourth-order valence-corrected chi connectivity index (χ4v) is 3.00. The van der Waals surface area contributed by atoms with E-state index in [1.807, 2.05) is 11.0 Å². The molecule has 0 radical (unpaired) electrons. The maximum atomic E-state index is 12.8. The van der Waals surface area contributed by atoms with E-state index < -0.39 is 0 Å². The van der Waals surface area contributed by atoms with Crippen LogP contribution in [0, 0.1) is 11.8 Å². The molecule has 1 amide bonds. The molecule has 1 fully saturated rings. The van der Waals surface area contributed by atoms with Crippen LogP contribution in [0.1, 0.15) is 44.0 Å². The van der Waals surface area contributed by atoms with E-state index in [4.69, 9.17) is 0 Å². The van der Waals surface area contributed by atoms with Gasteiger partial charge in [0.1, 0.15) is 5.82 Å². The topological polar surface area (TPSA) is 45.2 Å². The summed E-state index contributed by atoms with van der Waals surface area (Å²) in [6.45, 7) is 9.09. The summed E-state index contributed by atoms with van der Waals surface area (Å²) in [6.07, 6.45) is 3.84. The first-order valence-electron chi connectivity index (χ1n) is 7.71. The molecule has 1 unspecified atom stereocenters. The maximum absolute atomic E-state index is 12.8. The molecule has 21 heavy (non-hydrogen) atoms. The van der Waals surface area contributed by atoms with Gasteiger partial charge >= 0.3 is 0 Å². The van der Waals surface area contributed by atoms with Gasteiger partial charge in [0, 0.05) is 30.3 Å². The Labute approximate surface area is 135 Å². The van der Waals surface area contributed by atoms with Crippen LogP contribution in [0.4, 0.5) is 5.82 Å². The summed E-state index contributed by atoms with van der Waals surface area (Å²) < 4.78 is 0.840. The molecule has 0 bridgehead atoms. The van der Waals surface area contributed by atoms with Crippen molar-refractivity contribution >= 4 is 27.7 Å². The third-order valence-electron chi connectivity index (χ3n) is 4.08. The van der Waals surface area contributed by atoms with Crippen LogP contribution in [0.25, 0.3) is 0 Å². The summed E-state index contributed by atoms with van der Waals surface area (Å²) in [4.78, 5) is 19.1. The zero-order chi connectivity index (χ0) is 15.4. The average molecular weight is 354 g/mol. The fraction of sp³-hybridized carbons (Fsp3) is 0.625. The molecule has 0 aromatic carbocycles. The fourth-order valence-electron chi connectivity index (χ4n) is 2.67. The number of nitrogens with zero attached hydrogens (tertiary/aromatic N) is 2. The minimum Gasteiger partial charge on any atom is -0.369 e. The molecule has 1 atom stereocenters. The molecule has 2 heterocycles. The minimum absolute atomic E-state index is 0.0885. The van der Waals surface area contributed by atoms with Gasteiger partial charge in [-0.15, -0.1) is 0 Å². The van der Waals surface area contributed by atoms with Gasteiger partial charge in [0.15, 0.2) is 0 Å². The Kier molecular flexibility index (Phi) is 5.62. The second-order valence-electron chi connectivity index (χ2n) is 6.02. The van der Waals surface area contributed by atoms with E-state index in [1.165, 1.54) is 0 Å². The highest BCUT2D eigenvalue weighted by Gasteiger charge is 2.30. The van der Waals surface area contributed by atoms with Crippen molar-refractivity contribution in [2.45, 2.75) is 33.6 Å². The van der Waals surface area contributed by atoms with Crippen LogP contribution in [-0.4, -0.2) is 35.4 Å². The number of nitrogens with one attached hydrogen (secondary N) is 1. The van der Waals surface area contributed by atoms with Gasteiger partial charge < -0.3 is 10.2 Å². The quantitative estimate of drug-likeness (QED) is 0.875. The highest BCUT2D eigenvalue weighted by atomic mass is 79.9. The molecule has 1 aromatic heterocycles. The van der Waals surface area contributed by atoms with E-state index in [0.717, 1.165) is 36.9 Å². The van der Waals surface area contributed by atoms with Crippen LogP contribution < -0.4 is 5.32 Å². The van der Waals surface area contributed by atoms with Gasteiger partial charge in [-0.1, -0.05) is 20.8 Å². The Hall–Kier alpha value is -1.10. The van der Waals surface area contributed by atoms with E-state index in [9.17, 15) is 4.79 Å². The molecule has 1 aliphatic heterocycles. The van der Waals surface area contributed by atoms with Crippen LogP contribution >= 0.6 is 15.9 Å². The Bertz CT molecular complexity index is 504. The predicted octanol–water partition coefficient (Wildman–Crippen LogP) is 3.78. The molecule has 1 aromatic rings. The van der Waals surface area contributed by atoms with Crippen molar-refractivity contribution in [1.29, 1.82) is 0 Å². The number of pyridine rings is 1. The van der Waals surface area contributed by atoms with Gasteiger partial charge in [-0.05, 0) is 46.7 Å². The zero-order valence-electron chi connectivity index (χ0n) is 13.0. The van der Waals surface area contributed by atoms with Crippen LogP contribution in [0.15, 0.2) is 16.7 Å². The van der Waals surface area contributed by atoms with E-state index in [2.05, 4.69) is 47.0 Å². The number of halogens is 1. The molecule has 1 N–H and O–H groups in total. The van der Waals surface area contributed by atoms with Crippen LogP contribution in [0.3, 0.4) is 0 Å². The molecule has 0 aliphatic carbocycles. The van der Waals surface area contributed by atoms with E-state index >= 15 is 0 Å². The summed E-state index contributed by atoms with van der Waals surface area (Å²) in [6, 6.07) is 1.87. The molecule has 1 saturated heterocycles. The van der Waals surface area contributed by atoms with Gasteiger partial charge in [0.2, 0.25) is 0 Å². The molecule has 1 aliphatic rings. The smallest absolute Gasteiger partial charge is 0.257 e. The first-order chi connectivity index (χ1) is 10.0. The van der Waals surface area contributed by atoms with Crippen molar-refractivity contribution in [3.8, 4) is 0 Å². The standard InChI is InChI=1S/C16H24BrN3O/c1-4-6-18-15-14(8-13(17)9-19-15)16(21)20-7-5-12(10-20)11(2)3/h8-9,11-12H,4-7,10H2,1-3H3,(H,18,19). The Balaban J connectivity index is 2.16. The van der Waals surface area contributed by atoms with Crippen molar-refractivity contribution in [1.82, 2.24) is 9.88 Å². The monoisotopic (exact) mass is 353 g/mol. The van der Waals surface area contributed by atoms with Gasteiger partial charge in [-0.2, -0.15) is 0 Å². The van der Waals surface area contributed by atoms with Crippen LogP contribution in [0.5, 0.6) is 0 Å². The van der Waals surface area contributed by atoms with E-state index in [-0.39, 0.29) is 5.91 Å². The van der Waals surface area contributed by atoms with Crippen molar-refractivity contribution in [3.05, 3.63) is 22.3 Å². The SMILES string of the molecule is CCCNc1ncc(Br)cc1C(=O)N1CCC(C(C)C)C1. The lowest BCUT2D eigenvalue weighted by atomic mass is 9.95. The second kappa shape index (κ2) is 7.25. The number of hydrogen-bond donors (Lipinski definition) is 1. The number of carbonyl (C=O) groups excluding carboxylic acids is 1. The highest BCUT2D eigenvalue weighted by molar-refractivity contribution is 9.10. The Morgan fingerprint density at radius 2 is 2.33 bits per heavy atom. The first-order valence-corrected chi connectivity index (χ1v) is 8.51. The Morgan fingerprint density at radius 3 is 2.95 bits per heavy atom. The van der Waals surface area contributed by atoms with E-state index in [1.54, 1.807) is 6.20 Å². The van der Waals surface area contributed by atoms with Crippen molar-refractivity contribution < 1.29 is 4.79 Å². The summed E-state index contributed by atoms with van der Waals surface area (Å²) in [7, 11) is 0. The average Bonchev–Trinajstić information content (AvgIpc) is 2.95. The lowest BCUT2D eigenvalue weighted by Gasteiger charge is -2.20. The molecular weight excluding hydrogens is 330 g/mol. The normalized spacial score (nSPS) is 18.3. The minimum atomic E-state index is 0.0885. The largest absolute Gasteiger partial charge is 0.369 e. The summed E-state index contributed by atoms with van der Waals surface area (Å²) in [5.74, 6) is 2.02. The van der Waals surface area contributed by atoms with Gasteiger partial charge in [0.25, 0.3) is 5.91 Å². The zero-order valence-corrected chi connectivity index (χ0v) is 14.6. The number of aromatic nitrogens is 1. The van der Waals surface area contributed by atoms with Gasteiger partial charge in [-0.25, -0.2) is 4.98 Å². The lowest BCUT2D eigenvalue weighted by molar-refractivity contribution is 0.0784. The Morgan fingerprint density at radius 1 is 1.57 bits per heavy atom. The lowest BCUT2D eigenvalue weighted by Crippen LogP contribution is -2.30. The van der Waals surface area contributed by atoms with Crippen molar-refractivity contribution in [2.24, 2.45) is 11.8 Å².